The van der Waals surface area contributed by atoms with Gasteiger partial charge in [-0.25, -0.2) is 0 Å². The number of hydrogen-bond acceptors (Lipinski definition) is 4. The van der Waals surface area contributed by atoms with Crippen LogP contribution >= 0.6 is 0 Å². The van der Waals surface area contributed by atoms with Crippen LogP contribution in [0.2, 0.25) is 0 Å². The fraction of sp³-hybridized carbons (Fsp3) is 0.0952. The van der Waals surface area contributed by atoms with Crippen molar-refractivity contribution in [1.82, 2.24) is 19.2 Å². The average Bonchev–Trinajstić information content (AvgIpc) is 3.15. The van der Waals surface area contributed by atoms with E-state index in [1.165, 1.54) is 9.95 Å². The van der Waals surface area contributed by atoms with Crippen molar-refractivity contribution >= 4 is 33.1 Å². The minimum Gasteiger partial charge on any atom is -0.377 e. The summed E-state index contributed by atoms with van der Waals surface area (Å²) in [6.45, 7) is 0.497. The number of rotatable bonds is 3. The lowest BCUT2D eigenvalue weighted by atomic mass is 10.1. The topological polar surface area (TPSA) is 64.2 Å². The largest absolute Gasteiger partial charge is 0.377 e. The first kappa shape index (κ1) is 15.6. The normalized spacial score (nSPS) is 11.4. The summed E-state index contributed by atoms with van der Waals surface area (Å²) in [7, 11) is 1.72. The lowest BCUT2D eigenvalue weighted by Crippen LogP contribution is -2.20. The van der Waals surface area contributed by atoms with Gasteiger partial charge in [0.2, 0.25) is 5.78 Å². The van der Waals surface area contributed by atoms with E-state index in [4.69, 9.17) is 0 Å². The molecule has 0 atom stereocenters. The highest BCUT2D eigenvalue weighted by atomic mass is 16.1. The lowest BCUT2D eigenvalue weighted by molar-refractivity contribution is 0.855. The summed E-state index contributed by atoms with van der Waals surface area (Å²) >= 11 is 0. The first-order valence-electron chi connectivity index (χ1n) is 8.77. The van der Waals surface area contributed by atoms with Crippen LogP contribution in [0, 0.1) is 0 Å². The standard InChI is InChI=1S/C21H17N5O/c1-25-20(27)16-10-4-5-12-18(16)26-19(23-24-21(25)26)13-22-17-11-6-8-14-7-2-3-9-15(14)17/h2-12,22H,13H2,1H3. The van der Waals surface area contributed by atoms with Crippen LogP contribution in [-0.4, -0.2) is 19.2 Å². The highest BCUT2D eigenvalue weighted by Crippen LogP contribution is 2.23. The maximum Gasteiger partial charge on any atom is 0.262 e. The van der Waals surface area contributed by atoms with Crippen molar-refractivity contribution in [2.75, 3.05) is 5.32 Å². The van der Waals surface area contributed by atoms with Gasteiger partial charge in [-0.05, 0) is 23.6 Å². The predicted molar refractivity (Wildman–Crippen MR) is 107 cm³/mol. The zero-order valence-corrected chi connectivity index (χ0v) is 14.8. The van der Waals surface area contributed by atoms with Gasteiger partial charge in [0, 0.05) is 18.1 Å². The summed E-state index contributed by atoms with van der Waals surface area (Å²) in [5.41, 5.74) is 1.79. The summed E-state index contributed by atoms with van der Waals surface area (Å²) in [4.78, 5) is 12.5. The average molecular weight is 355 g/mol. The highest BCUT2D eigenvalue weighted by molar-refractivity contribution is 5.93. The van der Waals surface area contributed by atoms with E-state index in [9.17, 15) is 4.79 Å². The van der Waals surface area contributed by atoms with Crippen LogP contribution in [0.5, 0.6) is 0 Å². The molecular formula is C21H17N5O. The number of nitrogens with zero attached hydrogens (tertiary/aromatic N) is 4. The molecular weight excluding hydrogens is 338 g/mol. The second kappa shape index (κ2) is 5.95. The summed E-state index contributed by atoms with van der Waals surface area (Å²) < 4.78 is 3.48. The van der Waals surface area contributed by atoms with Crippen molar-refractivity contribution in [3.63, 3.8) is 0 Å². The fourth-order valence-electron chi connectivity index (χ4n) is 3.56. The third kappa shape index (κ3) is 2.38. The van der Waals surface area contributed by atoms with Gasteiger partial charge in [0.25, 0.3) is 5.56 Å². The summed E-state index contributed by atoms with van der Waals surface area (Å²) in [5, 5.41) is 15.0. The van der Waals surface area contributed by atoms with Crippen LogP contribution in [0.3, 0.4) is 0 Å². The first-order valence-corrected chi connectivity index (χ1v) is 8.77. The van der Waals surface area contributed by atoms with Crippen LogP contribution in [-0.2, 0) is 13.6 Å². The Bertz CT molecular complexity index is 1360. The van der Waals surface area contributed by atoms with E-state index >= 15 is 0 Å². The van der Waals surface area contributed by atoms with Crippen LogP contribution in [0.1, 0.15) is 5.82 Å². The van der Waals surface area contributed by atoms with Gasteiger partial charge in [-0.15, -0.1) is 10.2 Å². The highest BCUT2D eigenvalue weighted by Gasteiger charge is 2.14. The van der Waals surface area contributed by atoms with Crippen LogP contribution in [0.4, 0.5) is 5.69 Å². The third-order valence-corrected chi connectivity index (χ3v) is 4.92. The molecule has 0 saturated heterocycles. The van der Waals surface area contributed by atoms with Crippen LogP contribution < -0.4 is 10.9 Å². The van der Waals surface area contributed by atoms with Crippen molar-refractivity contribution in [2.45, 2.75) is 6.54 Å². The molecule has 5 aromatic rings. The van der Waals surface area contributed by atoms with Gasteiger partial charge < -0.3 is 5.32 Å². The maximum atomic E-state index is 12.5. The Balaban J connectivity index is 1.63. The molecule has 2 heterocycles. The Kier molecular flexibility index (Phi) is 3.43. The van der Waals surface area contributed by atoms with E-state index in [1.54, 1.807) is 7.05 Å². The molecule has 0 saturated carbocycles. The molecule has 27 heavy (non-hydrogen) atoms. The summed E-state index contributed by atoms with van der Waals surface area (Å²) in [5.74, 6) is 1.29. The Morgan fingerprint density at radius 1 is 0.889 bits per heavy atom. The monoisotopic (exact) mass is 355 g/mol. The number of aromatic nitrogens is 4. The quantitative estimate of drug-likeness (QED) is 0.539. The van der Waals surface area contributed by atoms with Gasteiger partial charge in [0.15, 0.2) is 5.82 Å². The summed E-state index contributed by atoms with van der Waals surface area (Å²) in [6.07, 6.45) is 0. The molecule has 0 aliphatic rings. The van der Waals surface area contributed by atoms with Gasteiger partial charge in [-0.1, -0.05) is 48.5 Å². The predicted octanol–water partition coefficient (Wildman–Crippen LogP) is 3.35. The third-order valence-electron chi connectivity index (χ3n) is 4.92. The van der Waals surface area contributed by atoms with Gasteiger partial charge >= 0.3 is 0 Å². The van der Waals surface area contributed by atoms with Crippen LogP contribution in [0.15, 0.2) is 71.5 Å². The molecule has 0 fully saturated rings. The number of fused-ring (bicyclic) bond motifs is 4. The van der Waals surface area contributed by atoms with Gasteiger partial charge in [-0.2, -0.15) is 0 Å². The van der Waals surface area contributed by atoms with Crippen molar-refractivity contribution in [2.24, 2.45) is 7.05 Å². The molecule has 0 unspecified atom stereocenters. The molecule has 1 N–H and O–H groups in total. The number of hydrogen-bond donors (Lipinski definition) is 1. The maximum absolute atomic E-state index is 12.5. The summed E-state index contributed by atoms with van der Waals surface area (Å²) in [6, 6.07) is 22.0. The first-order chi connectivity index (χ1) is 13.2. The molecule has 2 aromatic heterocycles. The van der Waals surface area contributed by atoms with E-state index < -0.39 is 0 Å². The molecule has 0 amide bonds. The molecule has 0 bridgehead atoms. The fourth-order valence-corrected chi connectivity index (χ4v) is 3.56. The number of para-hydroxylation sites is 1. The molecule has 0 aliphatic carbocycles. The molecule has 0 spiro atoms. The molecule has 3 aromatic carbocycles. The van der Waals surface area contributed by atoms with Gasteiger partial charge in [0.05, 0.1) is 17.4 Å². The number of benzene rings is 3. The molecule has 0 radical (unpaired) electrons. The lowest BCUT2D eigenvalue weighted by Gasteiger charge is -2.10. The smallest absolute Gasteiger partial charge is 0.262 e. The van der Waals surface area contributed by atoms with Crippen molar-refractivity contribution in [3.05, 3.63) is 82.9 Å². The number of nitrogens with one attached hydrogen (secondary N) is 1. The Labute approximate surface area is 154 Å². The van der Waals surface area contributed by atoms with E-state index in [0.29, 0.717) is 17.7 Å². The second-order valence-electron chi connectivity index (χ2n) is 6.51. The molecule has 0 aliphatic heterocycles. The van der Waals surface area contributed by atoms with Crippen molar-refractivity contribution in [3.8, 4) is 0 Å². The molecule has 5 rings (SSSR count). The zero-order chi connectivity index (χ0) is 18.4. The Morgan fingerprint density at radius 2 is 1.63 bits per heavy atom. The van der Waals surface area contributed by atoms with Crippen molar-refractivity contribution in [1.29, 1.82) is 0 Å². The van der Waals surface area contributed by atoms with E-state index in [2.05, 4.69) is 39.8 Å². The second-order valence-corrected chi connectivity index (χ2v) is 6.51. The van der Waals surface area contributed by atoms with Gasteiger partial charge in [-0.3, -0.25) is 13.8 Å². The Morgan fingerprint density at radius 3 is 2.52 bits per heavy atom. The minimum atomic E-state index is -0.0703. The minimum absolute atomic E-state index is 0.0703. The molecule has 6 nitrogen and oxygen atoms in total. The Hall–Kier alpha value is -3.67. The SMILES string of the molecule is Cn1c(=O)c2ccccc2n2c(CNc3cccc4ccccc34)nnc12. The van der Waals surface area contributed by atoms with Gasteiger partial charge in [0.1, 0.15) is 0 Å². The molecule has 132 valence electrons. The number of aryl methyl sites for hydroxylation is 1. The van der Waals surface area contributed by atoms with E-state index in [1.807, 2.05) is 46.9 Å². The van der Waals surface area contributed by atoms with E-state index in [0.717, 1.165) is 22.4 Å². The van der Waals surface area contributed by atoms with Crippen molar-refractivity contribution < 1.29 is 0 Å². The zero-order valence-electron chi connectivity index (χ0n) is 14.8. The van der Waals surface area contributed by atoms with Crippen LogP contribution in [0.25, 0.3) is 27.5 Å². The molecule has 6 heteroatoms. The number of anilines is 1. The van der Waals surface area contributed by atoms with E-state index in [-0.39, 0.29) is 5.56 Å².